The van der Waals surface area contributed by atoms with E-state index in [0.717, 1.165) is 30.2 Å². The second-order valence-corrected chi connectivity index (χ2v) is 20.4. The highest BCUT2D eigenvalue weighted by molar-refractivity contribution is 7.91. The molecule has 3 aromatic rings. The smallest absolute Gasteiger partial charge is 0.408 e. The van der Waals surface area contributed by atoms with E-state index >= 15 is 4.79 Å². The van der Waals surface area contributed by atoms with E-state index in [0.29, 0.717) is 60.2 Å². The molecule has 1 saturated heterocycles. The predicted molar refractivity (Wildman–Crippen MR) is 227 cm³/mol. The van der Waals surface area contributed by atoms with Gasteiger partial charge in [0.25, 0.3) is 5.91 Å². The first-order chi connectivity index (χ1) is 29.3. The van der Waals surface area contributed by atoms with Crippen molar-refractivity contribution in [3.63, 3.8) is 0 Å². The zero-order chi connectivity index (χ0) is 42.6. The Bertz CT molecular complexity index is 2340. The van der Waals surface area contributed by atoms with E-state index in [1.54, 1.807) is 7.11 Å². The van der Waals surface area contributed by atoms with Crippen LogP contribution in [0.25, 0.3) is 22.0 Å². The molecular weight excluding hydrogens is 799 g/mol. The van der Waals surface area contributed by atoms with Crippen LogP contribution in [-0.2, 0) is 29.1 Å². The van der Waals surface area contributed by atoms with Crippen LogP contribution < -0.4 is 24.8 Å². The standard InChI is InChI=1S/C46H55N5O9S/c1-26-9-7-8-12-32-24-46(32,44(54)50-61(56,57)36-14-15-36)49-41(52)39-23-35(25-51(39)43(53)40(27(2)17-26)48-45(55)60-34-19-29-18-30(29)20-34)59-42-37-16-13-33(58-3)21-31(37)22-38(47-42)28-10-5-4-6-11-28/h4-6,8,10-13,16,21-22,26-27,29-30,32,34-36,39-40H,7,9,14-15,17-20,23-25H2,1-3H3,(H,48,55)(H,49,52)(H,50,54). The van der Waals surface area contributed by atoms with Crippen molar-refractivity contribution < 1.29 is 41.8 Å². The van der Waals surface area contributed by atoms with Gasteiger partial charge in [0, 0.05) is 23.3 Å². The summed E-state index contributed by atoms with van der Waals surface area (Å²) in [5.41, 5.74) is 0.00180. The van der Waals surface area contributed by atoms with Gasteiger partial charge < -0.3 is 29.7 Å². The first kappa shape index (κ1) is 41.2. The molecule has 4 saturated carbocycles. The van der Waals surface area contributed by atoms with Gasteiger partial charge in [0.1, 0.15) is 35.6 Å². The Morgan fingerprint density at radius 3 is 2.44 bits per heavy atom. The van der Waals surface area contributed by atoms with Gasteiger partial charge in [-0.2, -0.15) is 0 Å². The van der Waals surface area contributed by atoms with Gasteiger partial charge >= 0.3 is 6.09 Å². The number of fused-ring (bicyclic) bond motifs is 4. The van der Waals surface area contributed by atoms with Gasteiger partial charge in [0.2, 0.25) is 27.7 Å². The number of hydrogen-bond donors (Lipinski definition) is 3. The maximum absolute atomic E-state index is 15.1. The van der Waals surface area contributed by atoms with Crippen LogP contribution in [0.5, 0.6) is 11.6 Å². The summed E-state index contributed by atoms with van der Waals surface area (Å²) in [6.45, 7) is 4.02. The molecule has 5 fully saturated rings. The van der Waals surface area contributed by atoms with Gasteiger partial charge in [-0.25, -0.2) is 18.2 Å². The number of rotatable bonds is 9. The van der Waals surface area contributed by atoms with Crippen molar-refractivity contribution in [3.05, 3.63) is 66.7 Å². The Morgan fingerprint density at radius 1 is 0.934 bits per heavy atom. The van der Waals surface area contributed by atoms with Crippen molar-refractivity contribution in [3.8, 4) is 22.9 Å². The van der Waals surface area contributed by atoms with Crippen molar-refractivity contribution in [1.29, 1.82) is 0 Å². The second-order valence-electron chi connectivity index (χ2n) is 18.4. The van der Waals surface area contributed by atoms with Gasteiger partial charge in [-0.15, -0.1) is 0 Å². The number of amides is 4. The average Bonchev–Trinajstić information content (AvgIpc) is 4.20. The molecule has 3 heterocycles. The minimum Gasteiger partial charge on any atom is -0.497 e. The number of nitrogens with one attached hydrogen (secondary N) is 3. The Morgan fingerprint density at radius 2 is 1.70 bits per heavy atom. The normalized spacial score (nSPS) is 32.3. The van der Waals surface area contributed by atoms with Crippen LogP contribution >= 0.6 is 0 Å². The molecule has 4 aliphatic carbocycles. The van der Waals surface area contributed by atoms with Crippen LogP contribution in [0.15, 0.2) is 66.7 Å². The van der Waals surface area contributed by atoms with E-state index in [1.807, 2.05) is 73.7 Å². The largest absolute Gasteiger partial charge is 0.497 e. The Labute approximate surface area is 356 Å². The molecule has 9 rings (SSSR count). The summed E-state index contributed by atoms with van der Waals surface area (Å²) in [4.78, 5) is 63.7. The molecule has 61 heavy (non-hydrogen) atoms. The number of benzene rings is 2. The molecule has 0 spiro atoms. The molecule has 9 unspecified atom stereocenters. The minimum atomic E-state index is -3.91. The molecule has 0 radical (unpaired) electrons. The molecule has 15 heteroatoms. The van der Waals surface area contributed by atoms with Gasteiger partial charge in [-0.1, -0.05) is 56.3 Å². The zero-order valence-electron chi connectivity index (χ0n) is 34.9. The first-order valence-electron chi connectivity index (χ1n) is 21.8. The van der Waals surface area contributed by atoms with Gasteiger partial charge in [-0.05, 0) is 111 Å². The molecule has 9 atom stereocenters. The third-order valence-electron chi connectivity index (χ3n) is 13.7. The molecule has 3 N–H and O–H groups in total. The summed E-state index contributed by atoms with van der Waals surface area (Å²) < 4.78 is 46.4. The lowest BCUT2D eigenvalue weighted by molar-refractivity contribution is -0.142. The van der Waals surface area contributed by atoms with Crippen LogP contribution in [-0.4, -0.2) is 90.9 Å². The predicted octanol–water partition coefficient (Wildman–Crippen LogP) is 5.65. The van der Waals surface area contributed by atoms with E-state index in [9.17, 15) is 22.8 Å². The average molecular weight is 854 g/mol. The fourth-order valence-electron chi connectivity index (χ4n) is 9.90. The number of allylic oxidation sites excluding steroid dienone is 1. The molecule has 1 aromatic heterocycles. The lowest BCUT2D eigenvalue weighted by atomic mass is 9.88. The monoisotopic (exact) mass is 853 g/mol. The van der Waals surface area contributed by atoms with Crippen LogP contribution in [0.1, 0.15) is 78.1 Å². The molecule has 0 bridgehead atoms. The fourth-order valence-corrected chi connectivity index (χ4v) is 11.3. The lowest BCUT2D eigenvalue weighted by Crippen LogP contribution is -2.59. The molecule has 324 valence electrons. The molecule has 2 aliphatic heterocycles. The molecular formula is C46H55N5O9S. The van der Waals surface area contributed by atoms with Crippen LogP contribution in [0.2, 0.25) is 0 Å². The van der Waals surface area contributed by atoms with E-state index < -0.39 is 68.7 Å². The van der Waals surface area contributed by atoms with Crippen molar-refractivity contribution in [1.82, 2.24) is 25.2 Å². The van der Waals surface area contributed by atoms with Crippen LogP contribution in [0.4, 0.5) is 4.79 Å². The van der Waals surface area contributed by atoms with Gasteiger partial charge in [0.15, 0.2) is 0 Å². The van der Waals surface area contributed by atoms with Crippen molar-refractivity contribution in [2.24, 2.45) is 29.6 Å². The molecule has 4 amide bonds. The van der Waals surface area contributed by atoms with E-state index in [4.69, 9.17) is 19.2 Å². The topological polar surface area (TPSA) is 182 Å². The number of carbonyl (C=O) groups is 4. The summed E-state index contributed by atoms with van der Waals surface area (Å²) in [6, 6.07) is 15.0. The number of sulfonamides is 1. The number of aromatic nitrogens is 1. The Kier molecular flexibility index (Phi) is 11.0. The number of ether oxygens (including phenoxy) is 3. The molecule has 14 nitrogen and oxygen atoms in total. The summed E-state index contributed by atoms with van der Waals surface area (Å²) in [5.74, 6) is -0.316. The van der Waals surface area contributed by atoms with Crippen molar-refractivity contribution in [2.75, 3.05) is 13.7 Å². The van der Waals surface area contributed by atoms with E-state index in [-0.39, 0.29) is 37.3 Å². The maximum atomic E-state index is 15.1. The third-order valence-corrected chi connectivity index (χ3v) is 15.5. The first-order valence-corrected chi connectivity index (χ1v) is 23.4. The van der Waals surface area contributed by atoms with Crippen LogP contribution in [0, 0.1) is 29.6 Å². The number of alkyl carbamates (subject to hydrolysis) is 1. The second kappa shape index (κ2) is 16.3. The van der Waals surface area contributed by atoms with E-state index in [2.05, 4.69) is 22.3 Å². The highest BCUT2D eigenvalue weighted by Gasteiger charge is 2.62. The number of carbonyl (C=O) groups excluding carboxylic acids is 4. The highest BCUT2D eigenvalue weighted by atomic mass is 32.2. The highest BCUT2D eigenvalue weighted by Crippen LogP contribution is 2.52. The number of pyridine rings is 1. The van der Waals surface area contributed by atoms with E-state index in [1.165, 1.54) is 11.3 Å². The maximum Gasteiger partial charge on any atom is 0.408 e. The zero-order valence-corrected chi connectivity index (χ0v) is 35.7. The Hall–Kier alpha value is -5.18. The minimum absolute atomic E-state index is 0.0219. The molecule has 2 aromatic carbocycles. The SMILES string of the molecule is COc1ccc2c(OC3CC4C(=O)NC5(C(=O)NS(=O)(=O)C6CC6)CC5C=CCCC(C)CC(C)C(NC(=O)OC5CC6CC6C5)C(=O)N4C3)nc(-c3ccccc3)cc2c1. The summed E-state index contributed by atoms with van der Waals surface area (Å²) in [6.07, 6.45) is 8.37. The summed E-state index contributed by atoms with van der Waals surface area (Å²) in [5, 5.41) is 6.76. The van der Waals surface area contributed by atoms with Crippen molar-refractivity contribution in [2.45, 2.75) is 113 Å². The molecule has 6 aliphatic rings. The van der Waals surface area contributed by atoms with Crippen molar-refractivity contribution >= 4 is 44.6 Å². The fraction of sp³-hybridized carbons (Fsp3) is 0.543. The summed E-state index contributed by atoms with van der Waals surface area (Å²) >= 11 is 0. The number of hydrogen-bond acceptors (Lipinski definition) is 10. The summed E-state index contributed by atoms with van der Waals surface area (Å²) in [7, 11) is -2.32. The number of methoxy groups -OCH3 is 1. The van der Waals surface area contributed by atoms with Gasteiger partial charge in [-0.3, -0.25) is 19.1 Å². The Balaban J connectivity index is 1.05. The van der Waals surface area contributed by atoms with Crippen LogP contribution in [0.3, 0.4) is 0 Å². The number of nitrogens with zero attached hydrogens (tertiary/aromatic N) is 2. The van der Waals surface area contributed by atoms with Gasteiger partial charge in [0.05, 0.1) is 24.6 Å². The third kappa shape index (κ3) is 8.67. The quantitative estimate of drug-likeness (QED) is 0.228. The lowest BCUT2D eigenvalue weighted by Gasteiger charge is -2.33.